The monoisotopic (exact) mass is 542 g/mol. The highest BCUT2D eigenvalue weighted by Crippen LogP contribution is 2.39. The number of azo groups is 1. The molecule has 1 aromatic heterocycles. The molecule has 206 valence electrons. The van der Waals surface area contributed by atoms with E-state index in [9.17, 15) is 20.0 Å². The second-order valence-electron chi connectivity index (χ2n) is 9.84. The molecule has 1 amide bonds. The predicted molar refractivity (Wildman–Crippen MR) is 151 cm³/mol. The number of rotatable bonds is 8. The number of piperazine rings is 1. The summed E-state index contributed by atoms with van der Waals surface area (Å²) in [7, 11) is 0. The molecule has 0 bridgehead atoms. The van der Waals surface area contributed by atoms with Crippen LogP contribution < -0.4 is 9.64 Å². The average Bonchev–Trinajstić information content (AvgIpc) is 3.21. The Kier molecular flexibility index (Phi) is 7.74. The van der Waals surface area contributed by atoms with Gasteiger partial charge in [0.25, 0.3) is 5.69 Å². The van der Waals surface area contributed by atoms with Crippen molar-refractivity contribution >= 4 is 33.9 Å². The van der Waals surface area contributed by atoms with Gasteiger partial charge in [0.2, 0.25) is 5.88 Å². The molecular weight excluding hydrogens is 512 g/mol. The second kappa shape index (κ2) is 11.5. The van der Waals surface area contributed by atoms with Crippen molar-refractivity contribution in [2.45, 2.75) is 20.5 Å². The summed E-state index contributed by atoms with van der Waals surface area (Å²) in [5.74, 6) is -0.417. The highest BCUT2D eigenvalue weighted by atomic mass is 16.6. The molecule has 11 nitrogen and oxygen atoms in total. The van der Waals surface area contributed by atoms with Crippen molar-refractivity contribution in [2.75, 3.05) is 37.7 Å². The van der Waals surface area contributed by atoms with Gasteiger partial charge in [-0.25, -0.2) is 0 Å². The van der Waals surface area contributed by atoms with Crippen LogP contribution in [0.25, 0.3) is 10.9 Å². The van der Waals surface area contributed by atoms with Crippen LogP contribution >= 0.6 is 0 Å². The molecule has 0 saturated carbocycles. The maximum absolute atomic E-state index is 12.4. The van der Waals surface area contributed by atoms with Crippen molar-refractivity contribution in [3.05, 3.63) is 88.0 Å². The van der Waals surface area contributed by atoms with Crippen LogP contribution in [0.3, 0.4) is 0 Å². The van der Waals surface area contributed by atoms with Crippen LogP contribution in [0.15, 0.2) is 77.0 Å². The zero-order chi connectivity index (χ0) is 28.2. The fourth-order valence-corrected chi connectivity index (χ4v) is 4.73. The molecule has 1 aliphatic heterocycles. The lowest BCUT2D eigenvalue weighted by atomic mass is 10.1. The third kappa shape index (κ3) is 5.94. The first-order valence-corrected chi connectivity index (χ1v) is 13.0. The summed E-state index contributed by atoms with van der Waals surface area (Å²) in [5, 5.41) is 30.5. The Morgan fingerprint density at radius 1 is 0.975 bits per heavy atom. The molecule has 0 unspecified atom stereocenters. The van der Waals surface area contributed by atoms with Crippen molar-refractivity contribution in [1.29, 1.82) is 0 Å². The summed E-state index contributed by atoms with van der Waals surface area (Å²) < 4.78 is 7.17. The Balaban J connectivity index is 1.27. The minimum absolute atomic E-state index is 0.0607. The molecule has 1 aliphatic rings. The van der Waals surface area contributed by atoms with Crippen LogP contribution in [0.2, 0.25) is 0 Å². The van der Waals surface area contributed by atoms with Gasteiger partial charge in [0.05, 0.1) is 17.1 Å². The first-order valence-electron chi connectivity index (χ1n) is 13.0. The highest BCUT2D eigenvalue weighted by Gasteiger charge is 2.22. The molecule has 0 radical (unpaired) electrons. The molecule has 40 heavy (non-hydrogen) atoms. The first kappa shape index (κ1) is 26.8. The van der Waals surface area contributed by atoms with Gasteiger partial charge in [0, 0.05) is 49.4 Å². The van der Waals surface area contributed by atoms with Gasteiger partial charge in [-0.15, -0.1) is 10.2 Å². The van der Waals surface area contributed by atoms with E-state index in [1.807, 2.05) is 25.1 Å². The summed E-state index contributed by atoms with van der Waals surface area (Å²) in [6.45, 7) is 7.50. The smallest absolute Gasteiger partial charge is 0.302 e. The summed E-state index contributed by atoms with van der Waals surface area (Å²) in [6.07, 6.45) is 0. The van der Waals surface area contributed by atoms with Crippen LogP contribution in [0, 0.1) is 24.0 Å². The number of aryl methyl sites for hydroxylation is 2. The predicted octanol–water partition coefficient (Wildman–Crippen LogP) is 5.34. The van der Waals surface area contributed by atoms with E-state index in [-0.39, 0.29) is 17.3 Å². The highest BCUT2D eigenvalue weighted by molar-refractivity contribution is 5.95. The second-order valence-corrected chi connectivity index (χ2v) is 9.84. The minimum Gasteiger partial charge on any atom is -0.493 e. The van der Waals surface area contributed by atoms with Crippen LogP contribution in [0.4, 0.5) is 17.1 Å². The first-order chi connectivity index (χ1) is 19.3. The van der Waals surface area contributed by atoms with Crippen molar-refractivity contribution in [2.24, 2.45) is 10.2 Å². The molecule has 1 N–H and O–H groups in total. The van der Waals surface area contributed by atoms with Gasteiger partial charge in [-0.3, -0.25) is 24.4 Å². The number of hydrogen-bond acceptors (Lipinski definition) is 8. The lowest BCUT2D eigenvalue weighted by Gasteiger charge is -2.36. The molecule has 3 aromatic carbocycles. The quantitative estimate of drug-likeness (QED) is 0.181. The summed E-state index contributed by atoms with van der Waals surface area (Å²) in [4.78, 5) is 27.3. The Labute approximate surface area is 231 Å². The molecule has 5 rings (SSSR count). The molecule has 1 saturated heterocycles. The maximum Gasteiger partial charge on any atom is 0.302 e. The Bertz CT molecular complexity index is 1550. The number of ether oxygens (including phenoxy) is 1. The van der Waals surface area contributed by atoms with Crippen LogP contribution in [0.5, 0.6) is 11.6 Å². The van der Waals surface area contributed by atoms with Crippen molar-refractivity contribution in [3.63, 3.8) is 0 Å². The van der Waals surface area contributed by atoms with Gasteiger partial charge in [-0.05, 0) is 50.2 Å². The van der Waals surface area contributed by atoms with Gasteiger partial charge in [-0.2, -0.15) is 0 Å². The number of anilines is 1. The number of amides is 1. The van der Waals surface area contributed by atoms with Gasteiger partial charge in [0.15, 0.2) is 12.3 Å². The number of nitro groups is 1. The molecule has 0 aliphatic carbocycles. The number of carbonyl (C=O) groups is 1. The third-order valence-corrected chi connectivity index (χ3v) is 6.95. The van der Waals surface area contributed by atoms with Crippen molar-refractivity contribution < 1.29 is 19.6 Å². The molecule has 0 atom stereocenters. The molecule has 1 fully saturated rings. The van der Waals surface area contributed by atoms with E-state index in [0.29, 0.717) is 17.8 Å². The van der Waals surface area contributed by atoms with E-state index < -0.39 is 17.4 Å². The fraction of sp³-hybridized carbons (Fsp3) is 0.276. The normalized spacial score (nSPS) is 14.2. The summed E-state index contributed by atoms with van der Waals surface area (Å²) >= 11 is 0. The molecular formula is C29H30N6O5. The van der Waals surface area contributed by atoms with Crippen LogP contribution in [-0.4, -0.2) is 58.2 Å². The number of benzene rings is 3. The number of aromatic nitrogens is 1. The fourth-order valence-electron chi connectivity index (χ4n) is 4.73. The molecule has 11 heteroatoms. The number of hydrogen-bond donors (Lipinski definition) is 1. The van der Waals surface area contributed by atoms with Crippen molar-refractivity contribution in [3.8, 4) is 11.6 Å². The SMILES string of the molecule is Cc1ccc(N2CCN(Cn3c(O)c(N=NC(=O)COc4ccc([N+](=O)[O-])cc4)c4cc(C)ccc43)CC2)cc1. The Morgan fingerprint density at radius 2 is 1.65 bits per heavy atom. The van der Waals surface area contributed by atoms with Gasteiger partial charge < -0.3 is 14.7 Å². The average molecular weight is 543 g/mol. The molecule has 2 heterocycles. The Morgan fingerprint density at radius 3 is 2.33 bits per heavy atom. The minimum atomic E-state index is -0.654. The number of aromatic hydroxyl groups is 1. The van der Waals surface area contributed by atoms with Crippen LogP contribution in [-0.2, 0) is 11.5 Å². The molecule has 0 spiro atoms. The van der Waals surface area contributed by atoms with E-state index >= 15 is 0 Å². The standard InChI is InChI=1S/C29H30N6O5/c1-20-3-6-22(7-4-20)33-15-13-32(14-16-33)19-34-26-12-5-21(2)17-25(26)28(29(34)37)31-30-27(36)18-40-24-10-8-23(9-11-24)35(38)39/h3-12,17,37H,13-16,18-19H2,1-2H3. The number of non-ortho nitro benzene ring substituents is 1. The van der Waals surface area contributed by atoms with E-state index in [2.05, 4.69) is 51.2 Å². The summed E-state index contributed by atoms with van der Waals surface area (Å²) in [5.41, 5.74) is 4.38. The van der Waals surface area contributed by atoms with E-state index in [1.165, 1.54) is 35.5 Å². The number of carbonyl (C=O) groups excluding carboxylic acids is 1. The van der Waals surface area contributed by atoms with E-state index in [4.69, 9.17) is 4.74 Å². The lowest BCUT2D eigenvalue weighted by molar-refractivity contribution is -0.384. The number of nitro benzene ring substituents is 1. The van der Waals surface area contributed by atoms with Gasteiger partial charge in [0.1, 0.15) is 5.75 Å². The van der Waals surface area contributed by atoms with E-state index in [0.717, 1.165) is 37.3 Å². The maximum atomic E-state index is 12.4. The summed E-state index contributed by atoms with van der Waals surface area (Å²) in [6, 6.07) is 19.7. The van der Waals surface area contributed by atoms with Crippen LogP contribution in [0.1, 0.15) is 11.1 Å². The number of fused-ring (bicyclic) bond motifs is 1. The van der Waals surface area contributed by atoms with E-state index in [1.54, 1.807) is 4.57 Å². The zero-order valence-corrected chi connectivity index (χ0v) is 22.4. The van der Waals surface area contributed by atoms with Gasteiger partial charge in [-0.1, -0.05) is 29.3 Å². The number of nitrogens with zero attached hydrogens (tertiary/aromatic N) is 6. The topological polar surface area (TPSA) is 126 Å². The zero-order valence-electron chi connectivity index (χ0n) is 22.4. The molecule has 4 aromatic rings. The largest absolute Gasteiger partial charge is 0.493 e. The van der Waals surface area contributed by atoms with Crippen molar-refractivity contribution in [1.82, 2.24) is 9.47 Å². The van der Waals surface area contributed by atoms with Gasteiger partial charge >= 0.3 is 5.91 Å². The lowest BCUT2D eigenvalue weighted by Crippen LogP contribution is -2.46. The third-order valence-electron chi connectivity index (χ3n) is 6.95. The Hall–Kier alpha value is -4.77.